The van der Waals surface area contributed by atoms with Crippen molar-refractivity contribution < 1.29 is 14.3 Å². The van der Waals surface area contributed by atoms with Gasteiger partial charge in [-0.25, -0.2) is 0 Å². The van der Waals surface area contributed by atoms with E-state index in [2.05, 4.69) is 19.2 Å². The van der Waals surface area contributed by atoms with E-state index in [1.54, 1.807) is 14.0 Å². The van der Waals surface area contributed by atoms with Crippen LogP contribution in [0.15, 0.2) is 18.2 Å². The Kier molecular flexibility index (Phi) is 7.02. The minimum absolute atomic E-state index is 0.162. The van der Waals surface area contributed by atoms with E-state index in [1.807, 2.05) is 18.2 Å². The van der Waals surface area contributed by atoms with Crippen molar-refractivity contribution in [1.82, 2.24) is 5.32 Å². The molecule has 1 aromatic carbocycles. The molecule has 5 heteroatoms. The summed E-state index contributed by atoms with van der Waals surface area (Å²) in [6.07, 6.45) is 1.06. The first-order valence-corrected chi connectivity index (χ1v) is 7.33. The summed E-state index contributed by atoms with van der Waals surface area (Å²) >= 11 is 0. The van der Waals surface area contributed by atoms with Gasteiger partial charge < -0.3 is 20.5 Å². The monoisotopic (exact) mass is 294 g/mol. The second-order valence-corrected chi connectivity index (χ2v) is 5.19. The molecule has 0 saturated carbocycles. The average Bonchev–Trinajstić information content (AvgIpc) is 2.49. The van der Waals surface area contributed by atoms with E-state index in [0.717, 1.165) is 30.0 Å². The molecule has 1 aromatic rings. The molecule has 0 aromatic heterocycles. The van der Waals surface area contributed by atoms with E-state index in [0.29, 0.717) is 0 Å². The third-order valence-electron chi connectivity index (χ3n) is 3.36. The molecule has 5 nitrogen and oxygen atoms in total. The standard InChI is InChI=1S/C16H26N2O3/c1-5-8-18-12(3)14-7-6-13(20-4)9-15(14)21-10-11(2)16(17)19/h6-7,9,11-12,18H,5,8,10H2,1-4H3,(H2,17,19). The lowest BCUT2D eigenvalue weighted by molar-refractivity contribution is -0.122. The smallest absolute Gasteiger partial charge is 0.223 e. The normalized spacial score (nSPS) is 13.5. The molecule has 21 heavy (non-hydrogen) atoms. The van der Waals surface area contributed by atoms with E-state index in [-0.39, 0.29) is 24.5 Å². The lowest BCUT2D eigenvalue weighted by atomic mass is 10.1. The summed E-state index contributed by atoms with van der Waals surface area (Å²) in [5.41, 5.74) is 6.31. The van der Waals surface area contributed by atoms with Gasteiger partial charge in [-0.3, -0.25) is 4.79 Å². The van der Waals surface area contributed by atoms with Crippen molar-refractivity contribution in [2.45, 2.75) is 33.2 Å². The Bertz CT molecular complexity index is 463. The number of nitrogens with two attached hydrogens (primary N) is 1. The second kappa shape index (κ2) is 8.52. The maximum Gasteiger partial charge on any atom is 0.223 e. The molecule has 1 amide bonds. The Labute approximate surface area is 126 Å². The zero-order chi connectivity index (χ0) is 15.8. The molecule has 0 aliphatic rings. The molecule has 2 unspecified atom stereocenters. The molecule has 0 bridgehead atoms. The molecule has 0 aliphatic heterocycles. The highest BCUT2D eigenvalue weighted by molar-refractivity contribution is 5.76. The van der Waals surface area contributed by atoms with Crippen LogP contribution in [0.25, 0.3) is 0 Å². The molecular formula is C16H26N2O3. The molecular weight excluding hydrogens is 268 g/mol. The number of rotatable bonds is 9. The summed E-state index contributed by atoms with van der Waals surface area (Å²) in [6.45, 7) is 7.16. The van der Waals surface area contributed by atoms with Gasteiger partial charge in [0.05, 0.1) is 19.6 Å². The van der Waals surface area contributed by atoms with Crippen molar-refractivity contribution in [3.63, 3.8) is 0 Å². The zero-order valence-electron chi connectivity index (χ0n) is 13.3. The minimum Gasteiger partial charge on any atom is -0.497 e. The van der Waals surface area contributed by atoms with Crippen LogP contribution in [0.2, 0.25) is 0 Å². The van der Waals surface area contributed by atoms with Crippen LogP contribution in [0.1, 0.15) is 38.8 Å². The lowest BCUT2D eigenvalue weighted by Crippen LogP contribution is -2.26. The maximum absolute atomic E-state index is 11.1. The van der Waals surface area contributed by atoms with Crippen molar-refractivity contribution in [2.24, 2.45) is 11.7 Å². The molecule has 118 valence electrons. The van der Waals surface area contributed by atoms with Gasteiger partial charge in [-0.15, -0.1) is 0 Å². The quantitative estimate of drug-likeness (QED) is 0.732. The number of methoxy groups -OCH3 is 1. The molecule has 3 N–H and O–H groups in total. The summed E-state index contributed by atoms with van der Waals surface area (Å²) in [5, 5.41) is 3.42. The Morgan fingerprint density at radius 1 is 1.38 bits per heavy atom. The van der Waals surface area contributed by atoms with Crippen LogP contribution < -0.4 is 20.5 Å². The molecule has 2 atom stereocenters. The van der Waals surface area contributed by atoms with Gasteiger partial charge in [0.15, 0.2) is 0 Å². The number of nitrogens with one attached hydrogen (secondary N) is 1. The molecule has 0 fully saturated rings. The van der Waals surface area contributed by atoms with Crippen LogP contribution >= 0.6 is 0 Å². The van der Waals surface area contributed by atoms with Crippen LogP contribution in [-0.4, -0.2) is 26.2 Å². The fourth-order valence-corrected chi connectivity index (χ4v) is 1.89. The number of amides is 1. The van der Waals surface area contributed by atoms with Gasteiger partial charge in [-0.2, -0.15) is 0 Å². The van der Waals surface area contributed by atoms with E-state index < -0.39 is 0 Å². The van der Waals surface area contributed by atoms with Crippen LogP contribution in [0.5, 0.6) is 11.5 Å². The van der Waals surface area contributed by atoms with Crippen molar-refractivity contribution in [1.29, 1.82) is 0 Å². The minimum atomic E-state index is -0.364. The lowest BCUT2D eigenvalue weighted by Gasteiger charge is -2.20. The predicted octanol–water partition coefficient (Wildman–Crippen LogP) is 2.26. The number of benzene rings is 1. The highest BCUT2D eigenvalue weighted by Crippen LogP contribution is 2.30. The molecule has 0 spiro atoms. The fraction of sp³-hybridized carbons (Fsp3) is 0.562. The molecule has 0 saturated heterocycles. The predicted molar refractivity (Wildman–Crippen MR) is 83.6 cm³/mol. The van der Waals surface area contributed by atoms with Crippen LogP contribution in [0.3, 0.4) is 0 Å². The van der Waals surface area contributed by atoms with Gasteiger partial charge >= 0.3 is 0 Å². The van der Waals surface area contributed by atoms with E-state index in [4.69, 9.17) is 15.2 Å². The Morgan fingerprint density at radius 3 is 2.67 bits per heavy atom. The Balaban J connectivity index is 2.88. The van der Waals surface area contributed by atoms with Gasteiger partial charge in [-0.1, -0.05) is 19.9 Å². The Morgan fingerprint density at radius 2 is 2.10 bits per heavy atom. The van der Waals surface area contributed by atoms with Gasteiger partial charge in [-0.05, 0) is 26.0 Å². The molecule has 1 rings (SSSR count). The third-order valence-corrected chi connectivity index (χ3v) is 3.36. The van der Waals surface area contributed by atoms with E-state index in [9.17, 15) is 4.79 Å². The van der Waals surface area contributed by atoms with Crippen molar-refractivity contribution in [2.75, 3.05) is 20.3 Å². The topological polar surface area (TPSA) is 73.6 Å². The van der Waals surface area contributed by atoms with Gasteiger partial charge in [0.25, 0.3) is 0 Å². The number of carbonyl (C=O) groups is 1. The first kappa shape index (κ1) is 17.3. The van der Waals surface area contributed by atoms with Crippen LogP contribution in [0.4, 0.5) is 0 Å². The number of primary amides is 1. The van der Waals surface area contributed by atoms with Gasteiger partial charge in [0, 0.05) is 17.7 Å². The van der Waals surface area contributed by atoms with Crippen LogP contribution in [-0.2, 0) is 4.79 Å². The molecule has 0 heterocycles. The first-order valence-electron chi connectivity index (χ1n) is 7.33. The first-order chi connectivity index (χ1) is 9.99. The van der Waals surface area contributed by atoms with E-state index >= 15 is 0 Å². The third kappa shape index (κ3) is 5.27. The van der Waals surface area contributed by atoms with E-state index in [1.165, 1.54) is 0 Å². The number of hydrogen-bond acceptors (Lipinski definition) is 4. The summed E-state index contributed by atoms with van der Waals surface area (Å²) < 4.78 is 11.0. The summed E-state index contributed by atoms with van der Waals surface area (Å²) in [6, 6.07) is 5.89. The largest absolute Gasteiger partial charge is 0.497 e. The highest BCUT2D eigenvalue weighted by atomic mass is 16.5. The Hall–Kier alpha value is -1.75. The highest BCUT2D eigenvalue weighted by Gasteiger charge is 2.15. The number of hydrogen-bond donors (Lipinski definition) is 2. The summed E-state index contributed by atoms with van der Waals surface area (Å²) in [7, 11) is 1.61. The maximum atomic E-state index is 11.1. The van der Waals surface area contributed by atoms with Gasteiger partial charge in [0.2, 0.25) is 5.91 Å². The fourth-order valence-electron chi connectivity index (χ4n) is 1.89. The van der Waals surface area contributed by atoms with Crippen molar-refractivity contribution in [3.05, 3.63) is 23.8 Å². The van der Waals surface area contributed by atoms with Crippen molar-refractivity contribution >= 4 is 5.91 Å². The van der Waals surface area contributed by atoms with Crippen LogP contribution in [0, 0.1) is 5.92 Å². The summed E-state index contributed by atoms with van der Waals surface area (Å²) in [4.78, 5) is 11.1. The second-order valence-electron chi connectivity index (χ2n) is 5.19. The number of carbonyl (C=O) groups excluding carboxylic acids is 1. The number of ether oxygens (including phenoxy) is 2. The average molecular weight is 294 g/mol. The van der Waals surface area contributed by atoms with Crippen molar-refractivity contribution in [3.8, 4) is 11.5 Å². The SMILES string of the molecule is CCCNC(C)c1ccc(OC)cc1OCC(C)C(N)=O. The summed E-state index contributed by atoms with van der Waals surface area (Å²) in [5.74, 6) is 0.751. The zero-order valence-corrected chi connectivity index (χ0v) is 13.3. The molecule has 0 aliphatic carbocycles. The molecule has 0 radical (unpaired) electrons. The van der Waals surface area contributed by atoms with Gasteiger partial charge in [0.1, 0.15) is 11.5 Å².